The van der Waals surface area contributed by atoms with Gasteiger partial charge in [0, 0.05) is 6.04 Å². The topological polar surface area (TPSA) is 49.3 Å². The fourth-order valence-electron chi connectivity index (χ4n) is 2.54. The predicted molar refractivity (Wildman–Crippen MR) is 96.2 cm³/mol. The van der Waals surface area contributed by atoms with E-state index in [0.717, 1.165) is 24.9 Å². The van der Waals surface area contributed by atoms with Crippen molar-refractivity contribution in [2.75, 3.05) is 6.54 Å². The van der Waals surface area contributed by atoms with E-state index in [2.05, 4.69) is 42.6 Å². The molecule has 0 radical (unpaired) electrons. The molecule has 0 aromatic heterocycles. The van der Waals surface area contributed by atoms with Gasteiger partial charge in [0.05, 0.1) is 6.42 Å². The summed E-state index contributed by atoms with van der Waals surface area (Å²) < 4.78 is 0. The number of halogens is 1. The van der Waals surface area contributed by atoms with Crippen LogP contribution in [0.1, 0.15) is 36.1 Å². The molecule has 124 valence electrons. The molecule has 2 aromatic rings. The van der Waals surface area contributed by atoms with Crippen LogP contribution in [0.2, 0.25) is 0 Å². The van der Waals surface area contributed by atoms with Crippen LogP contribution in [0.3, 0.4) is 0 Å². The number of nitrogens with one attached hydrogen (secondary N) is 1. The molecule has 0 aliphatic heterocycles. The molecule has 0 saturated heterocycles. The zero-order chi connectivity index (χ0) is 15.8. The van der Waals surface area contributed by atoms with Crippen molar-refractivity contribution in [2.24, 2.45) is 0 Å². The van der Waals surface area contributed by atoms with E-state index in [-0.39, 0.29) is 18.8 Å². The van der Waals surface area contributed by atoms with Gasteiger partial charge in [-0.25, -0.2) is 0 Å². The fourth-order valence-corrected chi connectivity index (χ4v) is 2.54. The highest BCUT2D eigenvalue weighted by molar-refractivity contribution is 5.85. The predicted octanol–water partition coefficient (Wildman–Crippen LogP) is 4.02. The molecule has 0 unspecified atom stereocenters. The van der Waals surface area contributed by atoms with E-state index in [1.165, 1.54) is 11.1 Å². The lowest BCUT2D eigenvalue weighted by molar-refractivity contribution is -0.136. The van der Waals surface area contributed by atoms with Crippen molar-refractivity contribution >= 4 is 18.4 Å². The zero-order valence-corrected chi connectivity index (χ0v) is 14.2. The highest BCUT2D eigenvalue weighted by Crippen LogP contribution is 2.12. The molecular formula is C19H24ClNO2. The fraction of sp³-hybridized carbons (Fsp3) is 0.316. The molecular weight excluding hydrogens is 310 g/mol. The maximum Gasteiger partial charge on any atom is 0.307 e. The van der Waals surface area contributed by atoms with Gasteiger partial charge in [-0.2, -0.15) is 0 Å². The van der Waals surface area contributed by atoms with Crippen LogP contribution in [0.15, 0.2) is 54.6 Å². The van der Waals surface area contributed by atoms with Crippen molar-refractivity contribution in [2.45, 2.75) is 32.2 Å². The molecule has 23 heavy (non-hydrogen) atoms. The Hall–Kier alpha value is -1.84. The molecule has 0 spiro atoms. The van der Waals surface area contributed by atoms with Crippen LogP contribution in [0, 0.1) is 0 Å². The Labute approximate surface area is 144 Å². The second kappa shape index (κ2) is 10.0. The van der Waals surface area contributed by atoms with Gasteiger partial charge in [0.2, 0.25) is 0 Å². The molecule has 0 aliphatic carbocycles. The van der Waals surface area contributed by atoms with Crippen LogP contribution in [0.5, 0.6) is 0 Å². The van der Waals surface area contributed by atoms with E-state index in [0.29, 0.717) is 6.04 Å². The molecule has 0 heterocycles. The first-order valence-electron chi connectivity index (χ1n) is 7.73. The van der Waals surface area contributed by atoms with Gasteiger partial charge in [-0.1, -0.05) is 54.6 Å². The van der Waals surface area contributed by atoms with Crippen molar-refractivity contribution in [3.8, 4) is 0 Å². The number of benzene rings is 2. The third-order valence-corrected chi connectivity index (χ3v) is 3.74. The molecule has 0 aliphatic rings. The average Bonchev–Trinajstić information content (AvgIpc) is 2.52. The summed E-state index contributed by atoms with van der Waals surface area (Å²) in [5, 5.41) is 12.4. The number of carboxylic acids is 1. The minimum Gasteiger partial charge on any atom is -0.481 e. The number of carboxylic acid groups (broad SMARTS) is 1. The first kappa shape index (κ1) is 19.2. The normalized spacial score (nSPS) is 11.5. The standard InChI is InChI=1S/C19H23NO2.ClH/c1-15(18-10-3-2-4-11-18)20-12-6-9-16-7-5-8-17(13-16)14-19(21)22;/h2-5,7-8,10-11,13,15,20H,6,9,12,14H2,1H3,(H,21,22);1H/t15-;/m1./s1. The number of rotatable bonds is 8. The summed E-state index contributed by atoms with van der Waals surface area (Å²) in [6, 6.07) is 18.6. The Morgan fingerprint density at radius 1 is 1.09 bits per heavy atom. The molecule has 0 saturated carbocycles. The Kier molecular flexibility index (Phi) is 8.38. The van der Waals surface area contributed by atoms with Gasteiger partial charge in [0.15, 0.2) is 0 Å². The number of hydrogen-bond acceptors (Lipinski definition) is 2. The van der Waals surface area contributed by atoms with Crippen LogP contribution >= 0.6 is 12.4 Å². The minimum atomic E-state index is -0.782. The van der Waals surface area contributed by atoms with Gasteiger partial charge in [0.25, 0.3) is 0 Å². The lowest BCUT2D eigenvalue weighted by Crippen LogP contribution is -2.20. The molecule has 4 heteroatoms. The molecule has 0 amide bonds. The van der Waals surface area contributed by atoms with E-state index in [9.17, 15) is 4.79 Å². The van der Waals surface area contributed by atoms with Gasteiger partial charge in [-0.15, -0.1) is 12.4 Å². The van der Waals surface area contributed by atoms with Crippen molar-refractivity contribution < 1.29 is 9.90 Å². The van der Waals surface area contributed by atoms with Crippen LogP contribution in [0.4, 0.5) is 0 Å². The Bertz CT molecular complexity index is 601. The van der Waals surface area contributed by atoms with Crippen LogP contribution in [0.25, 0.3) is 0 Å². The smallest absolute Gasteiger partial charge is 0.307 e. The van der Waals surface area contributed by atoms with E-state index in [1.54, 1.807) is 0 Å². The molecule has 3 nitrogen and oxygen atoms in total. The number of aliphatic carboxylic acids is 1. The maximum atomic E-state index is 10.7. The maximum absolute atomic E-state index is 10.7. The third-order valence-electron chi connectivity index (χ3n) is 3.74. The van der Waals surface area contributed by atoms with Crippen LogP contribution in [-0.2, 0) is 17.6 Å². The molecule has 2 N–H and O–H groups in total. The molecule has 0 bridgehead atoms. The van der Waals surface area contributed by atoms with Crippen molar-refractivity contribution in [3.05, 3.63) is 71.3 Å². The largest absolute Gasteiger partial charge is 0.481 e. The van der Waals surface area contributed by atoms with E-state index in [4.69, 9.17) is 5.11 Å². The SMILES string of the molecule is C[C@@H](NCCCc1cccc(CC(=O)O)c1)c1ccccc1.Cl. The number of aryl methyl sites for hydroxylation is 1. The molecule has 2 aromatic carbocycles. The average molecular weight is 334 g/mol. The number of carbonyl (C=O) groups is 1. The highest BCUT2D eigenvalue weighted by atomic mass is 35.5. The summed E-state index contributed by atoms with van der Waals surface area (Å²) in [6.45, 7) is 3.11. The van der Waals surface area contributed by atoms with Crippen molar-refractivity contribution in [1.82, 2.24) is 5.32 Å². The first-order valence-corrected chi connectivity index (χ1v) is 7.73. The highest BCUT2D eigenvalue weighted by Gasteiger charge is 2.04. The molecule has 0 fully saturated rings. The third kappa shape index (κ3) is 6.85. The second-order valence-corrected chi connectivity index (χ2v) is 5.58. The lowest BCUT2D eigenvalue weighted by Gasteiger charge is -2.14. The Morgan fingerprint density at radius 2 is 1.78 bits per heavy atom. The van der Waals surface area contributed by atoms with Crippen molar-refractivity contribution in [3.63, 3.8) is 0 Å². The van der Waals surface area contributed by atoms with E-state index < -0.39 is 5.97 Å². The zero-order valence-electron chi connectivity index (χ0n) is 13.4. The molecule has 2 rings (SSSR count). The van der Waals surface area contributed by atoms with Gasteiger partial charge >= 0.3 is 5.97 Å². The van der Waals surface area contributed by atoms with E-state index in [1.807, 2.05) is 24.3 Å². The minimum absolute atomic E-state index is 0. The van der Waals surface area contributed by atoms with Gasteiger partial charge < -0.3 is 10.4 Å². The number of hydrogen-bond donors (Lipinski definition) is 2. The first-order chi connectivity index (χ1) is 10.6. The van der Waals surface area contributed by atoms with Gasteiger partial charge in [0.1, 0.15) is 0 Å². The second-order valence-electron chi connectivity index (χ2n) is 5.58. The Balaban J connectivity index is 0.00000264. The van der Waals surface area contributed by atoms with Gasteiger partial charge in [-0.05, 0) is 43.0 Å². The quantitative estimate of drug-likeness (QED) is 0.717. The summed E-state index contributed by atoms with van der Waals surface area (Å²) in [5.74, 6) is -0.782. The van der Waals surface area contributed by atoms with Gasteiger partial charge in [-0.3, -0.25) is 4.79 Å². The van der Waals surface area contributed by atoms with E-state index >= 15 is 0 Å². The Morgan fingerprint density at radius 3 is 2.48 bits per heavy atom. The summed E-state index contributed by atoms with van der Waals surface area (Å²) >= 11 is 0. The van der Waals surface area contributed by atoms with Crippen LogP contribution < -0.4 is 5.32 Å². The summed E-state index contributed by atoms with van der Waals surface area (Å²) in [7, 11) is 0. The molecule has 1 atom stereocenters. The summed E-state index contributed by atoms with van der Waals surface area (Å²) in [4.78, 5) is 10.7. The monoisotopic (exact) mass is 333 g/mol. The summed E-state index contributed by atoms with van der Waals surface area (Å²) in [5.41, 5.74) is 3.37. The van der Waals surface area contributed by atoms with Crippen molar-refractivity contribution in [1.29, 1.82) is 0 Å². The summed E-state index contributed by atoms with van der Waals surface area (Å²) in [6.07, 6.45) is 2.09. The van der Waals surface area contributed by atoms with Crippen LogP contribution in [-0.4, -0.2) is 17.6 Å². The lowest BCUT2D eigenvalue weighted by atomic mass is 10.0.